The Hall–Kier alpha value is -9.63. The van der Waals surface area contributed by atoms with Crippen molar-refractivity contribution in [1.29, 1.82) is 0 Å². The number of guanidine groups is 3. The minimum absolute atomic E-state index is 0.0113. The molecule has 0 aliphatic heterocycles. The molecule has 4 amide bonds. The molecule has 0 aliphatic rings. The highest BCUT2D eigenvalue weighted by atomic mass is 16.5. The zero-order valence-electron chi connectivity index (χ0n) is 49.2. The van der Waals surface area contributed by atoms with Gasteiger partial charge in [0.2, 0.25) is 0 Å². The largest absolute Gasteiger partial charge is 0.496 e. The SMILES string of the molecule is COc1ccc(CC(=O)[C@@H](CCCN=C(N)N)NC(=O)c2cc(CC(=O)[C@@H](CCCN=C(N)N)NC(=O)c3cc(CC(=O)[C@@H](CCCN=C(N)N)NC(=O)c4cc(CC(=O)[C@@H](C)N)ccc4OC)ccc3OC)ccc2OC)cc1C(=O)NCCN. The average Bonchev–Trinajstić information content (AvgIpc) is 3.63. The maximum atomic E-state index is 14.4. The van der Waals surface area contributed by atoms with Crippen molar-refractivity contribution in [2.45, 2.75) is 95.3 Å². The summed E-state index contributed by atoms with van der Waals surface area (Å²) in [6.45, 7) is 2.39. The summed E-state index contributed by atoms with van der Waals surface area (Å²) in [5.74, 6) is -3.91. The van der Waals surface area contributed by atoms with Gasteiger partial charge in [0.1, 0.15) is 23.0 Å². The van der Waals surface area contributed by atoms with Crippen molar-refractivity contribution < 1.29 is 57.3 Å². The first-order valence-electron chi connectivity index (χ1n) is 27.6. The number of hydrogen-bond acceptors (Lipinski definition) is 17. The van der Waals surface area contributed by atoms with E-state index in [2.05, 4.69) is 36.2 Å². The molecule has 0 heterocycles. The third kappa shape index (κ3) is 21.8. The molecule has 20 N–H and O–H groups in total. The molecule has 4 rings (SSSR count). The number of ether oxygens (including phenoxy) is 4. The first kappa shape index (κ1) is 68.9. The number of rotatable bonds is 37. The number of ketones is 4. The van der Waals surface area contributed by atoms with Crippen LogP contribution in [0.1, 0.15) is 109 Å². The first-order chi connectivity index (χ1) is 41.0. The van der Waals surface area contributed by atoms with Crippen molar-refractivity contribution in [2.24, 2.45) is 60.8 Å². The van der Waals surface area contributed by atoms with E-state index in [1.54, 1.807) is 43.3 Å². The van der Waals surface area contributed by atoms with Crippen molar-refractivity contribution in [3.05, 3.63) is 117 Å². The molecule has 0 aliphatic carbocycles. The molecular formula is C59H81N15O12. The Balaban J connectivity index is 1.62. The molecular weight excluding hydrogens is 1110 g/mol. The van der Waals surface area contributed by atoms with E-state index in [0.29, 0.717) is 22.3 Å². The molecule has 0 bridgehead atoms. The van der Waals surface area contributed by atoms with Gasteiger partial charge in [0.05, 0.1) is 74.9 Å². The number of nitrogens with zero attached hydrogens (tertiary/aromatic N) is 3. The van der Waals surface area contributed by atoms with E-state index in [0.717, 1.165) is 0 Å². The Kier molecular flexibility index (Phi) is 27.9. The molecule has 0 fully saturated rings. The number of aliphatic imine (C=N–C) groups is 3. The van der Waals surface area contributed by atoms with Crippen molar-refractivity contribution >= 4 is 64.6 Å². The predicted molar refractivity (Wildman–Crippen MR) is 325 cm³/mol. The third-order valence-corrected chi connectivity index (χ3v) is 13.4. The number of nitrogens with one attached hydrogen (secondary N) is 4. The van der Waals surface area contributed by atoms with E-state index in [-0.39, 0.29) is 166 Å². The van der Waals surface area contributed by atoms with Crippen LogP contribution in [0.3, 0.4) is 0 Å². The normalized spacial score (nSPS) is 12.1. The van der Waals surface area contributed by atoms with Crippen LogP contribution in [0, 0.1) is 0 Å². The molecule has 4 aromatic carbocycles. The summed E-state index contributed by atoms with van der Waals surface area (Å²) < 4.78 is 22.0. The molecule has 27 heteroatoms. The highest BCUT2D eigenvalue weighted by molar-refractivity contribution is 6.04. The lowest BCUT2D eigenvalue weighted by Crippen LogP contribution is -2.42. The van der Waals surface area contributed by atoms with Gasteiger partial charge in [0.15, 0.2) is 41.0 Å². The van der Waals surface area contributed by atoms with Gasteiger partial charge in [-0.25, -0.2) is 0 Å². The van der Waals surface area contributed by atoms with Gasteiger partial charge in [-0.05, 0) is 116 Å². The van der Waals surface area contributed by atoms with Gasteiger partial charge < -0.3 is 86.1 Å². The van der Waals surface area contributed by atoms with Crippen LogP contribution >= 0.6 is 0 Å². The third-order valence-electron chi connectivity index (χ3n) is 13.4. The zero-order valence-corrected chi connectivity index (χ0v) is 49.2. The smallest absolute Gasteiger partial charge is 0.255 e. The predicted octanol–water partition coefficient (Wildman–Crippen LogP) is -0.240. The molecule has 86 heavy (non-hydrogen) atoms. The number of amides is 4. The van der Waals surface area contributed by atoms with Crippen molar-refractivity contribution in [3.63, 3.8) is 0 Å². The van der Waals surface area contributed by atoms with Crippen LogP contribution in [0.15, 0.2) is 87.8 Å². The second-order valence-electron chi connectivity index (χ2n) is 20.0. The van der Waals surface area contributed by atoms with Gasteiger partial charge in [0, 0.05) is 58.4 Å². The van der Waals surface area contributed by atoms with E-state index in [1.807, 2.05) is 0 Å². The lowest BCUT2D eigenvalue weighted by Gasteiger charge is -2.21. The first-order valence-corrected chi connectivity index (χ1v) is 27.6. The minimum Gasteiger partial charge on any atom is -0.496 e. The Morgan fingerprint density at radius 3 is 0.942 bits per heavy atom. The standard InChI is InChI=1S/C59H81N15O12/c1-33(61)45(75)29-34-12-17-50(84-3)39(26-34)54(80)72-43(10-7-22-70-58(64)65)47(77)31-36-14-19-52(86-5)41(28-36)56(82)74-44(11-8-23-71-59(66)67)48(78)32-37-15-18-51(85-4)40(27-37)55(81)73-42(9-6-21-69-57(62)63)46(76)30-35-13-16-49(83-2)38(25-35)53(79)68-24-20-60/h12-19,25-28,33,42-44H,6-11,20-24,29-32,60-61H2,1-5H3,(H,68,79)(H,72,80)(H,73,81)(H,74,82)(H4,62,63,69)(H4,64,65,70)(H4,66,67,71)/t33-,42-,43-,44-/m1/s1. The van der Waals surface area contributed by atoms with Crippen LogP contribution in [0.25, 0.3) is 0 Å². The summed E-state index contributed by atoms with van der Waals surface area (Å²) in [6, 6.07) is 14.3. The number of carbonyl (C=O) groups excluding carboxylic acids is 8. The topological polar surface area (TPSA) is 467 Å². The monoisotopic (exact) mass is 1190 g/mol. The molecule has 4 atom stereocenters. The second-order valence-corrected chi connectivity index (χ2v) is 20.0. The average molecular weight is 1190 g/mol. The van der Waals surface area contributed by atoms with E-state index in [9.17, 15) is 38.4 Å². The number of hydrogen-bond donors (Lipinski definition) is 12. The van der Waals surface area contributed by atoms with Gasteiger partial charge in [-0.15, -0.1) is 0 Å². The number of Topliss-reactive ketones (excluding diaryl/α,β-unsaturated/α-hetero) is 4. The van der Waals surface area contributed by atoms with Gasteiger partial charge >= 0.3 is 0 Å². The summed E-state index contributed by atoms with van der Waals surface area (Å²) in [6.07, 6.45) is 0.272. The number of benzene rings is 4. The van der Waals surface area contributed by atoms with Crippen molar-refractivity contribution in [2.75, 3.05) is 61.2 Å². The van der Waals surface area contributed by atoms with E-state index >= 15 is 0 Å². The molecule has 464 valence electrons. The Bertz CT molecular complexity index is 3140. The molecule has 27 nitrogen and oxygen atoms in total. The number of carbonyl (C=O) groups is 8. The minimum atomic E-state index is -1.17. The molecule has 0 aromatic heterocycles. The fraction of sp³-hybridized carbons (Fsp3) is 0.407. The maximum absolute atomic E-state index is 14.4. The Morgan fingerprint density at radius 2 is 0.698 bits per heavy atom. The molecule has 0 unspecified atom stereocenters. The van der Waals surface area contributed by atoms with E-state index < -0.39 is 65.1 Å². The van der Waals surface area contributed by atoms with Crippen LogP contribution in [0.4, 0.5) is 0 Å². The van der Waals surface area contributed by atoms with Crippen molar-refractivity contribution in [3.8, 4) is 23.0 Å². The van der Waals surface area contributed by atoms with Crippen LogP contribution in [0.5, 0.6) is 23.0 Å². The van der Waals surface area contributed by atoms with Crippen LogP contribution in [-0.4, -0.2) is 150 Å². The molecule has 0 spiro atoms. The van der Waals surface area contributed by atoms with Gasteiger partial charge in [-0.3, -0.25) is 53.3 Å². The fourth-order valence-corrected chi connectivity index (χ4v) is 8.95. The quantitative estimate of drug-likeness (QED) is 0.0157. The number of nitrogens with two attached hydrogens (primary N) is 8. The Labute approximate surface area is 499 Å². The summed E-state index contributed by atoms with van der Waals surface area (Å²) in [5.41, 5.74) is 46.6. The van der Waals surface area contributed by atoms with Crippen LogP contribution < -0.4 is 86.1 Å². The fourth-order valence-electron chi connectivity index (χ4n) is 8.95. The highest BCUT2D eigenvalue weighted by Gasteiger charge is 2.29. The molecule has 0 saturated carbocycles. The van der Waals surface area contributed by atoms with Gasteiger partial charge in [0.25, 0.3) is 23.6 Å². The molecule has 0 radical (unpaired) electrons. The maximum Gasteiger partial charge on any atom is 0.255 e. The zero-order chi connectivity index (χ0) is 63.5. The van der Waals surface area contributed by atoms with E-state index in [1.165, 1.54) is 64.8 Å². The van der Waals surface area contributed by atoms with Crippen LogP contribution in [0.2, 0.25) is 0 Å². The lowest BCUT2D eigenvalue weighted by molar-refractivity contribution is -0.121. The van der Waals surface area contributed by atoms with Gasteiger partial charge in [-0.1, -0.05) is 24.3 Å². The lowest BCUT2D eigenvalue weighted by atomic mass is 9.96. The van der Waals surface area contributed by atoms with E-state index in [4.69, 9.17) is 64.8 Å². The van der Waals surface area contributed by atoms with Crippen LogP contribution in [-0.2, 0) is 44.9 Å². The van der Waals surface area contributed by atoms with Crippen molar-refractivity contribution in [1.82, 2.24) is 21.3 Å². The number of methoxy groups -OCH3 is 4. The summed E-state index contributed by atoms with van der Waals surface area (Å²) in [4.78, 5) is 123. The highest BCUT2D eigenvalue weighted by Crippen LogP contribution is 2.26. The summed E-state index contributed by atoms with van der Waals surface area (Å²) in [5, 5.41) is 11.1. The summed E-state index contributed by atoms with van der Waals surface area (Å²) in [7, 11) is 5.48. The Morgan fingerprint density at radius 1 is 0.430 bits per heavy atom. The summed E-state index contributed by atoms with van der Waals surface area (Å²) >= 11 is 0. The molecule has 4 aromatic rings. The molecule has 0 saturated heterocycles. The second kappa shape index (κ2) is 34.8. The van der Waals surface area contributed by atoms with Gasteiger partial charge in [-0.2, -0.15) is 0 Å².